The Labute approximate surface area is 155 Å². The van der Waals surface area contributed by atoms with Crippen molar-refractivity contribution >= 4 is 17.3 Å². The Morgan fingerprint density at radius 1 is 0.962 bits per heavy atom. The minimum absolute atomic E-state index is 0.0552. The first-order chi connectivity index (χ1) is 12.8. The number of carbonyl (C=O) groups excluding carboxylic acids is 1. The van der Waals surface area contributed by atoms with E-state index in [1.54, 1.807) is 4.90 Å². The monoisotopic (exact) mass is 348 g/mol. The summed E-state index contributed by atoms with van der Waals surface area (Å²) in [6.07, 6.45) is 0.336. The Bertz CT molecular complexity index is 734. The molecule has 0 N–H and O–H groups in total. The van der Waals surface area contributed by atoms with Crippen molar-refractivity contribution in [1.82, 2.24) is 4.90 Å². The third kappa shape index (κ3) is 4.62. The van der Waals surface area contributed by atoms with E-state index in [2.05, 4.69) is 40.1 Å². The van der Waals surface area contributed by atoms with E-state index in [-0.39, 0.29) is 5.91 Å². The summed E-state index contributed by atoms with van der Waals surface area (Å²) in [6.45, 7) is 4.39. The number of rotatable bonds is 6. The first-order valence-electron chi connectivity index (χ1n) is 9.02. The van der Waals surface area contributed by atoms with Crippen molar-refractivity contribution in [3.8, 4) is 6.07 Å². The Hall–Kier alpha value is -2.84. The second-order valence-corrected chi connectivity index (χ2v) is 6.39. The molecule has 0 saturated carbocycles. The van der Waals surface area contributed by atoms with Crippen LogP contribution in [0, 0.1) is 11.3 Å². The minimum atomic E-state index is 0.0552. The van der Waals surface area contributed by atoms with Crippen molar-refractivity contribution in [2.24, 2.45) is 0 Å². The van der Waals surface area contributed by atoms with Crippen LogP contribution in [0.15, 0.2) is 60.7 Å². The Morgan fingerprint density at radius 3 is 2.19 bits per heavy atom. The van der Waals surface area contributed by atoms with Crippen LogP contribution >= 0.6 is 0 Å². The molecule has 2 aromatic carbocycles. The van der Waals surface area contributed by atoms with Gasteiger partial charge in [-0.2, -0.15) is 5.26 Å². The van der Waals surface area contributed by atoms with Crippen molar-refractivity contribution in [1.29, 1.82) is 5.26 Å². The molecule has 0 aromatic heterocycles. The first kappa shape index (κ1) is 18.0. The Balaban J connectivity index is 1.57. The topological polar surface area (TPSA) is 50.6 Å². The van der Waals surface area contributed by atoms with E-state index < -0.39 is 0 Å². The fourth-order valence-electron chi connectivity index (χ4n) is 3.25. The standard InChI is InChI=1S/C21H24N4O/c22-12-7-13-25(20-10-5-2-6-11-20)21(26)18-23-14-16-24(17-15-23)19-8-3-1-4-9-19/h1-6,8-11H,7,13-18H2. The second kappa shape index (κ2) is 9.02. The molecule has 5 nitrogen and oxygen atoms in total. The number of hydrogen-bond donors (Lipinski definition) is 0. The number of para-hydroxylation sites is 2. The van der Waals surface area contributed by atoms with Crippen LogP contribution in [0.1, 0.15) is 6.42 Å². The highest BCUT2D eigenvalue weighted by atomic mass is 16.2. The normalized spacial score (nSPS) is 14.7. The Morgan fingerprint density at radius 2 is 1.58 bits per heavy atom. The third-order valence-corrected chi connectivity index (χ3v) is 4.67. The highest BCUT2D eigenvalue weighted by Crippen LogP contribution is 2.17. The zero-order valence-corrected chi connectivity index (χ0v) is 14.9. The summed E-state index contributed by atoms with van der Waals surface area (Å²) in [5.74, 6) is 0.0552. The summed E-state index contributed by atoms with van der Waals surface area (Å²) in [7, 11) is 0. The van der Waals surface area contributed by atoms with Gasteiger partial charge < -0.3 is 9.80 Å². The highest BCUT2D eigenvalue weighted by molar-refractivity contribution is 5.94. The van der Waals surface area contributed by atoms with Gasteiger partial charge in [0, 0.05) is 44.1 Å². The largest absolute Gasteiger partial charge is 0.369 e. The van der Waals surface area contributed by atoms with Gasteiger partial charge >= 0.3 is 0 Å². The molecular formula is C21H24N4O. The molecule has 0 aliphatic carbocycles. The van der Waals surface area contributed by atoms with Crippen LogP contribution in [0.25, 0.3) is 0 Å². The highest BCUT2D eigenvalue weighted by Gasteiger charge is 2.22. The lowest BCUT2D eigenvalue weighted by Gasteiger charge is -2.36. The van der Waals surface area contributed by atoms with Crippen LogP contribution in [0.5, 0.6) is 0 Å². The molecule has 1 aliphatic heterocycles. The maximum absolute atomic E-state index is 12.8. The molecule has 1 saturated heterocycles. The van der Waals surface area contributed by atoms with E-state index >= 15 is 0 Å². The van der Waals surface area contributed by atoms with Crippen molar-refractivity contribution in [2.75, 3.05) is 49.1 Å². The second-order valence-electron chi connectivity index (χ2n) is 6.39. The van der Waals surface area contributed by atoms with Gasteiger partial charge in [0.15, 0.2) is 0 Å². The number of carbonyl (C=O) groups is 1. The summed E-state index contributed by atoms with van der Waals surface area (Å²) in [5.41, 5.74) is 2.09. The van der Waals surface area contributed by atoms with Crippen LogP contribution in [0.4, 0.5) is 11.4 Å². The molecular weight excluding hydrogens is 324 g/mol. The first-order valence-corrected chi connectivity index (χ1v) is 9.02. The average molecular weight is 348 g/mol. The summed E-state index contributed by atoms with van der Waals surface area (Å²) in [6, 6.07) is 22.1. The quantitative estimate of drug-likeness (QED) is 0.805. The SMILES string of the molecule is N#CCCN(C(=O)CN1CCN(c2ccccc2)CC1)c1ccccc1. The van der Waals surface area contributed by atoms with Crippen LogP contribution in [-0.4, -0.2) is 50.1 Å². The lowest BCUT2D eigenvalue weighted by molar-refractivity contribution is -0.119. The van der Waals surface area contributed by atoms with Crippen molar-refractivity contribution in [3.63, 3.8) is 0 Å². The van der Waals surface area contributed by atoms with Crippen LogP contribution in [0.3, 0.4) is 0 Å². The Kier molecular flexibility index (Phi) is 6.24. The van der Waals surface area contributed by atoms with E-state index in [4.69, 9.17) is 5.26 Å². The molecule has 0 unspecified atom stereocenters. The summed E-state index contributed by atoms with van der Waals surface area (Å²) >= 11 is 0. The average Bonchev–Trinajstić information content (AvgIpc) is 2.70. The molecule has 134 valence electrons. The van der Waals surface area contributed by atoms with Crippen molar-refractivity contribution in [2.45, 2.75) is 6.42 Å². The van der Waals surface area contributed by atoms with Gasteiger partial charge in [0.25, 0.3) is 0 Å². The van der Waals surface area contributed by atoms with E-state index in [0.717, 1.165) is 31.9 Å². The van der Waals surface area contributed by atoms with Crippen molar-refractivity contribution in [3.05, 3.63) is 60.7 Å². The molecule has 2 aromatic rings. The summed E-state index contributed by atoms with van der Waals surface area (Å²) in [4.78, 5) is 19.1. The minimum Gasteiger partial charge on any atom is -0.369 e. The fourth-order valence-corrected chi connectivity index (χ4v) is 3.25. The molecule has 1 amide bonds. The van der Waals surface area contributed by atoms with Gasteiger partial charge in [-0.15, -0.1) is 0 Å². The number of hydrogen-bond acceptors (Lipinski definition) is 4. The maximum Gasteiger partial charge on any atom is 0.241 e. The predicted molar refractivity (Wildman–Crippen MR) is 104 cm³/mol. The van der Waals surface area contributed by atoms with Gasteiger partial charge in [-0.3, -0.25) is 9.69 Å². The number of amides is 1. The molecule has 0 bridgehead atoms. The summed E-state index contributed by atoms with van der Waals surface area (Å²) in [5, 5.41) is 8.90. The fraction of sp³-hybridized carbons (Fsp3) is 0.333. The molecule has 5 heteroatoms. The number of nitrogens with zero attached hydrogens (tertiary/aromatic N) is 4. The third-order valence-electron chi connectivity index (χ3n) is 4.67. The lowest BCUT2D eigenvalue weighted by Crippen LogP contribution is -2.50. The van der Waals surface area contributed by atoms with Crippen molar-refractivity contribution < 1.29 is 4.79 Å². The van der Waals surface area contributed by atoms with E-state index in [1.807, 2.05) is 36.4 Å². The van der Waals surface area contributed by atoms with Crippen LogP contribution in [0.2, 0.25) is 0 Å². The van der Waals surface area contributed by atoms with E-state index in [9.17, 15) is 4.79 Å². The molecule has 0 atom stereocenters. The molecule has 26 heavy (non-hydrogen) atoms. The van der Waals surface area contributed by atoms with E-state index in [0.29, 0.717) is 19.5 Å². The van der Waals surface area contributed by atoms with Gasteiger partial charge in [0.1, 0.15) is 0 Å². The number of anilines is 2. The molecule has 0 radical (unpaired) electrons. The molecule has 1 aliphatic rings. The predicted octanol–water partition coefficient (Wildman–Crippen LogP) is 2.76. The lowest BCUT2D eigenvalue weighted by atomic mass is 10.2. The van der Waals surface area contributed by atoms with Gasteiger partial charge in [-0.25, -0.2) is 0 Å². The summed E-state index contributed by atoms with van der Waals surface area (Å²) < 4.78 is 0. The maximum atomic E-state index is 12.8. The molecule has 0 spiro atoms. The molecule has 3 rings (SSSR count). The van der Waals surface area contributed by atoms with Gasteiger partial charge in [0.05, 0.1) is 19.0 Å². The van der Waals surface area contributed by atoms with Gasteiger partial charge in [-0.05, 0) is 24.3 Å². The molecule has 1 fully saturated rings. The smallest absolute Gasteiger partial charge is 0.241 e. The van der Waals surface area contributed by atoms with Gasteiger partial charge in [-0.1, -0.05) is 36.4 Å². The van der Waals surface area contributed by atoms with Crippen LogP contribution < -0.4 is 9.80 Å². The number of benzene rings is 2. The van der Waals surface area contributed by atoms with E-state index in [1.165, 1.54) is 5.69 Å². The zero-order valence-electron chi connectivity index (χ0n) is 14.9. The number of piperazine rings is 1. The number of nitriles is 1. The van der Waals surface area contributed by atoms with Crippen LogP contribution in [-0.2, 0) is 4.79 Å². The zero-order chi connectivity index (χ0) is 18.2. The van der Waals surface area contributed by atoms with Gasteiger partial charge in [0.2, 0.25) is 5.91 Å². The molecule has 1 heterocycles.